The van der Waals surface area contributed by atoms with Crippen molar-refractivity contribution >= 4 is 21.6 Å². The second-order valence-corrected chi connectivity index (χ2v) is 9.67. The van der Waals surface area contributed by atoms with Gasteiger partial charge in [-0.15, -0.1) is 0 Å². The zero-order valence-corrected chi connectivity index (χ0v) is 18.7. The van der Waals surface area contributed by atoms with E-state index in [1.807, 2.05) is 31.2 Å². The molecule has 7 heteroatoms. The number of aryl methyl sites for hydroxylation is 1. The van der Waals surface area contributed by atoms with Crippen LogP contribution in [0.1, 0.15) is 47.8 Å². The average Bonchev–Trinajstić information content (AvgIpc) is 2.66. The third-order valence-electron chi connectivity index (χ3n) is 4.84. The lowest BCUT2D eigenvalue weighted by atomic mass is 9.96. The molecule has 1 N–H and O–H groups in total. The Labute approximate surface area is 173 Å². The number of sulfonamides is 1. The molecule has 0 bridgehead atoms. The van der Waals surface area contributed by atoms with Gasteiger partial charge < -0.3 is 10.1 Å². The smallest absolute Gasteiger partial charge is 0.251 e. The highest BCUT2D eigenvalue weighted by Gasteiger charge is 2.20. The van der Waals surface area contributed by atoms with E-state index in [0.29, 0.717) is 17.2 Å². The van der Waals surface area contributed by atoms with Crippen LogP contribution in [-0.4, -0.2) is 34.7 Å². The van der Waals surface area contributed by atoms with E-state index in [-0.39, 0.29) is 11.9 Å². The van der Waals surface area contributed by atoms with Crippen LogP contribution in [0.3, 0.4) is 0 Å². The minimum Gasteiger partial charge on any atom is -0.497 e. The van der Waals surface area contributed by atoms with Crippen LogP contribution in [0.5, 0.6) is 5.75 Å². The number of hydrogen-bond acceptors (Lipinski definition) is 4. The lowest BCUT2D eigenvalue weighted by Gasteiger charge is -2.23. The van der Waals surface area contributed by atoms with Crippen LogP contribution in [0.2, 0.25) is 0 Å². The number of ether oxygens (including phenoxy) is 1. The lowest BCUT2D eigenvalue weighted by molar-refractivity contribution is 0.0932. The Bertz CT molecular complexity index is 953. The maximum Gasteiger partial charge on any atom is 0.251 e. The van der Waals surface area contributed by atoms with Gasteiger partial charge in [-0.25, -0.2) is 8.42 Å². The number of hydrogen-bond donors (Lipinski definition) is 1. The molecule has 0 radical (unpaired) electrons. The predicted octanol–water partition coefficient (Wildman–Crippen LogP) is 3.92. The van der Waals surface area contributed by atoms with E-state index in [1.54, 1.807) is 25.3 Å². The summed E-state index contributed by atoms with van der Waals surface area (Å²) in [4.78, 5) is 13.0. The van der Waals surface area contributed by atoms with Crippen LogP contribution in [0.15, 0.2) is 42.5 Å². The molecule has 0 fully saturated rings. The Morgan fingerprint density at radius 1 is 1.14 bits per heavy atom. The number of carbonyl (C=O) groups excluding carboxylic acids is 1. The maximum atomic E-state index is 13.0. The summed E-state index contributed by atoms with van der Waals surface area (Å²) in [5, 5.41) is 3.10. The molecule has 6 nitrogen and oxygen atoms in total. The van der Waals surface area contributed by atoms with Gasteiger partial charge in [-0.1, -0.05) is 32.0 Å². The average molecular weight is 419 g/mol. The third-order valence-corrected chi connectivity index (χ3v) is 6.03. The highest BCUT2D eigenvalue weighted by molar-refractivity contribution is 7.92. The van der Waals surface area contributed by atoms with Crippen molar-refractivity contribution in [2.24, 2.45) is 5.92 Å². The third kappa shape index (κ3) is 5.97. The normalized spacial score (nSPS) is 12.5. The Morgan fingerprint density at radius 3 is 2.28 bits per heavy atom. The van der Waals surface area contributed by atoms with Gasteiger partial charge in [0.2, 0.25) is 10.0 Å². The molecule has 0 aliphatic heterocycles. The largest absolute Gasteiger partial charge is 0.497 e. The predicted molar refractivity (Wildman–Crippen MR) is 117 cm³/mol. The zero-order chi connectivity index (χ0) is 21.8. The van der Waals surface area contributed by atoms with Crippen LogP contribution >= 0.6 is 0 Å². The molecule has 0 saturated heterocycles. The van der Waals surface area contributed by atoms with E-state index in [4.69, 9.17) is 4.74 Å². The molecule has 1 amide bonds. The molecular weight excluding hydrogens is 388 g/mol. The summed E-state index contributed by atoms with van der Waals surface area (Å²) in [6.45, 7) is 6.03. The zero-order valence-electron chi connectivity index (χ0n) is 17.9. The first kappa shape index (κ1) is 22.7. The molecule has 2 aromatic rings. The molecule has 0 aliphatic carbocycles. The number of nitrogens with one attached hydrogen (secondary N) is 1. The van der Waals surface area contributed by atoms with Crippen LogP contribution in [0, 0.1) is 12.8 Å². The van der Waals surface area contributed by atoms with Crippen molar-refractivity contribution < 1.29 is 17.9 Å². The summed E-state index contributed by atoms with van der Waals surface area (Å²) in [5.74, 6) is 0.900. The maximum absolute atomic E-state index is 13.0. The topological polar surface area (TPSA) is 75.7 Å². The van der Waals surface area contributed by atoms with Gasteiger partial charge in [0, 0.05) is 12.6 Å². The van der Waals surface area contributed by atoms with E-state index in [9.17, 15) is 13.2 Å². The summed E-state index contributed by atoms with van der Waals surface area (Å²) in [6.07, 6.45) is 1.92. The van der Waals surface area contributed by atoms with E-state index < -0.39 is 10.0 Å². The standard InChI is InChI=1S/C22H30N2O4S/c1-15(2)13-20(17-9-11-19(28-5)12-10-17)23-22(25)18-8-7-16(3)21(14-18)24(4)29(6,26)27/h7-12,14-15,20H,13H2,1-6H3,(H,23,25)/t20-/m0/s1. The van der Waals surface area contributed by atoms with Crippen molar-refractivity contribution in [3.05, 3.63) is 59.2 Å². The van der Waals surface area contributed by atoms with Crippen molar-refractivity contribution in [1.82, 2.24) is 5.32 Å². The van der Waals surface area contributed by atoms with Crippen LogP contribution in [0.4, 0.5) is 5.69 Å². The van der Waals surface area contributed by atoms with Crippen molar-refractivity contribution in [2.75, 3.05) is 24.7 Å². The monoisotopic (exact) mass is 418 g/mol. The fourth-order valence-electron chi connectivity index (χ4n) is 3.10. The molecule has 0 heterocycles. The minimum atomic E-state index is -3.42. The Morgan fingerprint density at radius 2 is 1.76 bits per heavy atom. The molecule has 2 aromatic carbocycles. The minimum absolute atomic E-state index is 0.161. The first-order valence-electron chi connectivity index (χ1n) is 9.52. The molecule has 0 saturated carbocycles. The van der Waals surface area contributed by atoms with Gasteiger partial charge >= 0.3 is 0 Å². The first-order chi connectivity index (χ1) is 13.5. The molecule has 158 valence electrons. The van der Waals surface area contributed by atoms with Gasteiger partial charge in [0.25, 0.3) is 5.91 Å². The van der Waals surface area contributed by atoms with Gasteiger partial charge in [0.05, 0.1) is 25.1 Å². The van der Waals surface area contributed by atoms with Crippen LogP contribution < -0.4 is 14.4 Å². The fraction of sp³-hybridized carbons (Fsp3) is 0.409. The van der Waals surface area contributed by atoms with E-state index in [2.05, 4.69) is 19.2 Å². The Kier molecular flexibility index (Phi) is 7.30. The molecular formula is C22H30N2O4S. The number of rotatable bonds is 8. The van der Waals surface area contributed by atoms with E-state index >= 15 is 0 Å². The molecule has 0 unspecified atom stereocenters. The van der Waals surface area contributed by atoms with Crippen molar-refractivity contribution in [1.29, 1.82) is 0 Å². The van der Waals surface area contributed by atoms with Gasteiger partial charge in [0.1, 0.15) is 5.75 Å². The Hall–Kier alpha value is -2.54. The van der Waals surface area contributed by atoms with Crippen LogP contribution in [-0.2, 0) is 10.0 Å². The number of amides is 1. The first-order valence-corrected chi connectivity index (χ1v) is 11.4. The van der Waals surface area contributed by atoms with Crippen molar-refractivity contribution in [3.8, 4) is 5.75 Å². The van der Waals surface area contributed by atoms with Crippen molar-refractivity contribution in [3.63, 3.8) is 0 Å². The molecule has 0 aliphatic rings. The molecule has 1 atom stereocenters. The van der Waals surface area contributed by atoms with E-state index in [1.165, 1.54) is 11.4 Å². The molecule has 0 spiro atoms. The number of nitrogens with zero attached hydrogens (tertiary/aromatic N) is 1. The molecule has 0 aromatic heterocycles. The quantitative estimate of drug-likeness (QED) is 0.705. The second kappa shape index (κ2) is 9.31. The van der Waals surface area contributed by atoms with Crippen LogP contribution in [0.25, 0.3) is 0 Å². The van der Waals surface area contributed by atoms with Gasteiger partial charge in [-0.2, -0.15) is 0 Å². The number of methoxy groups -OCH3 is 1. The number of anilines is 1. The van der Waals surface area contributed by atoms with Gasteiger partial charge in [0.15, 0.2) is 0 Å². The summed E-state index contributed by atoms with van der Waals surface area (Å²) in [6, 6.07) is 12.6. The Balaban J connectivity index is 2.31. The SMILES string of the molecule is COc1ccc([C@H](CC(C)C)NC(=O)c2ccc(C)c(N(C)S(C)(=O)=O)c2)cc1. The molecule has 29 heavy (non-hydrogen) atoms. The number of carbonyl (C=O) groups is 1. The van der Waals surface area contributed by atoms with E-state index in [0.717, 1.165) is 29.6 Å². The summed E-state index contributed by atoms with van der Waals surface area (Å²) in [5.41, 5.74) is 2.69. The molecule has 2 rings (SSSR count). The highest BCUT2D eigenvalue weighted by atomic mass is 32.2. The fourth-order valence-corrected chi connectivity index (χ4v) is 3.65. The second-order valence-electron chi connectivity index (χ2n) is 7.66. The highest BCUT2D eigenvalue weighted by Crippen LogP contribution is 2.26. The summed E-state index contributed by atoms with van der Waals surface area (Å²) in [7, 11) is -0.319. The summed E-state index contributed by atoms with van der Waals surface area (Å²) >= 11 is 0. The van der Waals surface area contributed by atoms with Gasteiger partial charge in [-0.3, -0.25) is 9.10 Å². The summed E-state index contributed by atoms with van der Waals surface area (Å²) < 4.78 is 30.2. The lowest BCUT2D eigenvalue weighted by Crippen LogP contribution is -2.30. The van der Waals surface area contributed by atoms with Gasteiger partial charge in [-0.05, 0) is 54.7 Å². The number of benzene rings is 2. The van der Waals surface area contributed by atoms with Crippen molar-refractivity contribution in [2.45, 2.75) is 33.2 Å².